The maximum absolute atomic E-state index is 5.07. The zero-order valence-electron chi connectivity index (χ0n) is 11.5. The third-order valence-corrected chi connectivity index (χ3v) is 3.93. The summed E-state index contributed by atoms with van der Waals surface area (Å²) in [5.41, 5.74) is 0.426. The van der Waals surface area contributed by atoms with Gasteiger partial charge in [-0.25, -0.2) is 0 Å². The summed E-state index contributed by atoms with van der Waals surface area (Å²) in [7, 11) is 1.76. The van der Waals surface area contributed by atoms with Crippen LogP contribution < -0.4 is 5.32 Å². The Morgan fingerprint density at radius 1 is 1.25 bits per heavy atom. The van der Waals surface area contributed by atoms with Crippen LogP contribution in [0.3, 0.4) is 0 Å². The Morgan fingerprint density at radius 3 is 2.38 bits per heavy atom. The third-order valence-electron chi connectivity index (χ3n) is 3.93. The van der Waals surface area contributed by atoms with Crippen molar-refractivity contribution in [3.8, 4) is 0 Å². The Hall–Kier alpha value is -0.0800. The van der Waals surface area contributed by atoms with Gasteiger partial charge in [-0.15, -0.1) is 0 Å². The van der Waals surface area contributed by atoms with Crippen molar-refractivity contribution in [2.45, 2.75) is 46.5 Å². The van der Waals surface area contributed by atoms with E-state index in [1.807, 2.05) is 0 Å². The molecule has 1 unspecified atom stereocenters. The average molecular weight is 227 g/mol. The molecule has 1 fully saturated rings. The molecule has 0 heterocycles. The van der Waals surface area contributed by atoms with Gasteiger partial charge in [0.2, 0.25) is 0 Å². The van der Waals surface area contributed by atoms with E-state index in [0.717, 1.165) is 31.5 Å². The van der Waals surface area contributed by atoms with Crippen molar-refractivity contribution in [2.75, 3.05) is 26.8 Å². The third kappa shape index (κ3) is 4.42. The SMILES string of the molecule is COCCNCC(C1CCCC1)C(C)(C)C. The molecule has 2 heteroatoms. The van der Waals surface area contributed by atoms with Crippen molar-refractivity contribution in [1.82, 2.24) is 5.32 Å². The number of nitrogens with one attached hydrogen (secondary N) is 1. The van der Waals surface area contributed by atoms with Crippen LogP contribution in [0.1, 0.15) is 46.5 Å². The lowest BCUT2D eigenvalue weighted by Gasteiger charge is -2.35. The van der Waals surface area contributed by atoms with E-state index in [2.05, 4.69) is 26.1 Å². The van der Waals surface area contributed by atoms with E-state index in [0.29, 0.717) is 5.41 Å². The van der Waals surface area contributed by atoms with E-state index in [1.54, 1.807) is 7.11 Å². The second kappa shape index (κ2) is 6.61. The highest BCUT2D eigenvalue weighted by Gasteiger charge is 2.33. The zero-order chi connectivity index (χ0) is 12.0. The molecule has 0 aromatic carbocycles. The summed E-state index contributed by atoms with van der Waals surface area (Å²) in [6.07, 6.45) is 5.76. The standard InChI is InChI=1S/C14H29NO/c1-14(2,3)13(11-15-9-10-16-4)12-7-5-6-8-12/h12-13,15H,5-11H2,1-4H3. The number of methoxy groups -OCH3 is 1. The molecule has 0 amide bonds. The Morgan fingerprint density at radius 2 is 1.88 bits per heavy atom. The van der Waals surface area contributed by atoms with Gasteiger partial charge in [-0.1, -0.05) is 46.5 Å². The van der Waals surface area contributed by atoms with Gasteiger partial charge in [0.05, 0.1) is 6.61 Å². The molecule has 0 radical (unpaired) electrons. The van der Waals surface area contributed by atoms with E-state index in [4.69, 9.17) is 4.74 Å². The van der Waals surface area contributed by atoms with Crippen molar-refractivity contribution in [3.63, 3.8) is 0 Å². The molecule has 96 valence electrons. The van der Waals surface area contributed by atoms with Gasteiger partial charge >= 0.3 is 0 Å². The lowest BCUT2D eigenvalue weighted by atomic mass is 9.72. The van der Waals surface area contributed by atoms with Crippen molar-refractivity contribution in [1.29, 1.82) is 0 Å². The molecule has 1 saturated carbocycles. The first kappa shape index (κ1) is 14.0. The molecule has 16 heavy (non-hydrogen) atoms. The molecule has 1 aliphatic carbocycles. The molecule has 1 atom stereocenters. The Balaban J connectivity index is 2.38. The van der Waals surface area contributed by atoms with Gasteiger partial charge in [0.15, 0.2) is 0 Å². The van der Waals surface area contributed by atoms with E-state index >= 15 is 0 Å². The predicted molar refractivity (Wildman–Crippen MR) is 69.6 cm³/mol. The number of hydrogen-bond acceptors (Lipinski definition) is 2. The molecule has 2 nitrogen and oxygen atoms in total. The second-order valence-corrected chi connectivity index (χ2v) is 6.21. The van der Waals surface area contributed by atoms with Crippen LogP contribution in [0.5, 0.6) is 0 Å². The monoisotopic (exact) mass is 227 g/mol. The van der Waals surface area contributed by atoms with Crippen LogP contribution in [-0.2, 0) is 4.74 Å². The molecule has 0 aromatic rings. The average Bonchev–Trinajstić information content (AvgIpc) is 2.68. The Kier molecular flexibility index (Phi) is 5.77. The summed E-state index contributed by atoms with van der Waals surface area (Å²) in [4.78, 5) is 0. The first-order valence-electron chi connectivity index (χ1n) is 6.75. The minimum Gasteiger partial charge on any atom is -0.383 e. The zero-order valence-corrected chi connectivity index (χ0v) is 11.5. The molecule has 0 bridgehead atoms. The summed E-state index contributed by atoms with van der Waals surface area (Å²) in [5.74, 6) is 1.75. The van der Waals surface area contributed by atoms with Gasteiger partial charge in [-0.05, 0) is 23.8 Å². The van der Waals surface area contributed by atoms with Crippen LogP contribution in [-0.4, -0.2) is 26.8 Å². The quantitative estimate of drug-likeness (QED) is 0.704. The second-order valence-electron chi connectivity index (χ2n) is 6.21. The van der Waals surface area contributed by atoms with Crippen molar-refractivity contribution < 1.29 is 4.74 Å². The maximum Gasteiger partial charge on any atom is 0.0587 e. The number of rotatable bonds is 6. The van der Waals surface area contributed by atoms with Gasteiger partial charge in [0.1, 0.15) is 0 Å². The highest BCUT2D eigenvalue weighted by atomic mass is 16.5. The lowest BCUT2D eigenvalue weighted by Crippen LogP contribution is -2.37. The molecule has 0 saturated heterocycles. The fraction of sp³-hybridized carbons (Fsp3) is 1.00. The number of hydrogen-bond donors (Lipinski definition) is 1. The normalized spacial score (nSPS) is 20.2. The molecule has 0 aromatic heterocycles. The summed E-state index contributed by atoms with van der Waals surface area (Å²) in [6, 6.07) is 0. The highest BCUT2D eigenvalue weighted by molar-refractivity contribution is 4.84. The van der Waals surface area contributed by atoms with E-state index in [-0.39, 0.29) is 0 Å². The molecular formula is C14H29NO. The van der Waals surface area contributed by atoms with Crippen LogP contribution >= 0.6 is 0 Å². The smallest absolute Gasteiger partial charge is 0.0587 e. The molecular weight excluding hydrogens is 198 g/mol. The summed E-state index contributed by atoms with van der Waals surface area (Å²) in [5, 5.41) is 3.54. The minimum atomic E-state index is 0.426. The fourth-order valence-electron chi connectivity index (χ4n) is 2.97. The topological polar surface area (TPSA) is 21.3 Å². The van der Waals surface area contributed by atoms with Gasteiger partial charge in [-0.3, -0.25) is 0 Å². The highest BCUT2D eigenvalue weighted by Crippen LogP contribution is 2.40. The van der Waals surface area contributed by atoms with E-state index < -0.39 is 0 Å². The summed E-state index contributed by atoms with van der Waals surface area (Å²) < 4.78 is 5.07. The lowest BCUT2D eigenvalue weighted by molar-refractivity contribution is 0.146. The molecule has 1 rings (SSSR count). The van der Waals surface area contributed by atoms with Crippen LogP contribution in [0, 0.1) is 17.3 Å². The van der Waals surface area contributed by atoms with E-state index in [9.17, 15) is 0 Å². The first-order valence-corrected chi connectivity index (χ1v) is 6.75. The molecule has 1 aliphatic rings. The van der Waals surface area contributed by atoms with Crippen molar-refractivity contribution >= 4 is 0 Å². The largest absolute Gasteiger partial charge is 0.383 e. The predicted octanol–water partition coefficient (Wildman–Crippen LogP) is 3.07. The maximum atomic E-state index is 5.07. The van der Waals surface area contributed by atoms with Crippen LogP contribution in [0.15, 0.2) is 0 Å². The molecule has 0 aliphatic heterocycles. The molecule has 1 N–H and O–H groups in total. The van der Waals surface area contributed by atoms with E-state index in [1.165, 1.54) is 25.7 Å². The van der Waals surface area contributed by atoms with Crippen molar-refractivity contribution in [2.24, 2.45) is 17.3 Å². The van der Waals surface area contributed by atoms with Gasteiger partial charge in [0, 0.05) is 13.7 Å². The summed E-state index contributed by atoms with van der Waals surface area (Å²) in [6.45, 7) is 10.1. The van der Waals surface area contributed by atoms with Crippen LogP contribution in [0.25, 0.3) is 0 Å². The Labute approximate surface area is 101 Å². The van der Waals surface area contributed by atoms with Crippen LogP contribution in [0.2, 0.25) is 0 Å². The Bertz CT molecular complexity index is 180. The fourth-order valence-corrected chi connectivity index (χ4v) is 2.97. The molecule has 0 spiro atoms. The van der Waals surface area contributed by atoms with Gasteiger partial charge < -0.3 is 10.1 Å². The minimum absolute atomic E-state index is 0.426. The van der Waals surface area contributed by atoms with Gasteiger partial charge in [-0.2, -0.15) is 0 Å². The van der Waals surface area contributed by atoms with Crippen molar-refractivity contribution in [3.05, 3.63) is 0 Å². The number of ether oxygens (including phenoxy) is 1. The summed E-state index contributed by atoms with van der Waals surface area (Å²) >= 11 is 0. The first-order chi connectivity index (χ1) is 7.55. The van der Waals surface area contributed by atoms with Gasteiger partial charge in [0.25, 0.3) is 0 Å². The van der Waals surface area contributed by atoms with Crippen LogP contribution in [0.4, 0.5) is 0 Å².